The fourth-order valence-electron chi connectivity index (χ4n) is 2.41. The lowest BCUT2D eigenvalue weighted by molar-refractivity contribution is 0.112. The highest BCUT2D eigenvalue weighted by Gasteiger charge is 2.07. The highest BCUT2D eigenvalue weighted by Crippen LogP contribution is 2.19. The first kappa shape index (κ1) is 12.4. The van der Waals surface area contributed by atoms with E-state index in [9.17, 15) is 9.59 Å². The molecule has 0 aliphatic heterocycles. The molecule has 0 atom stereocenters. The second-order valence-electron chi connectivity index (χ2n) is 4.65. The minimum atomic E-state index is -0.0143. The quantitative estimate of drug-likeness (QED) is 0.680. The van der Waals surface area contributed by atoms with Crippen molar-refractivity contribution >= 4 is 17.2 Å². The van der Waals surface area contributed by atoms with E-state index in [0.29, 0.717) is 18.7 Å². The van der Waals surface area contributed by atoms with Crippen molar-refractivity contribution in [2.75, 3.05) is 0 Å². The van der Waals surface area contributed by atoms with E-state index in [1.165, 1.54) is 0 Å². The van der Waals surface area contributed by atoms with E-state index in [1.807, 2.05) is 41.1 Å². The Balaban J connectivity index is 1.94. The number of rotatable bonds is 4. The number of nitrogens with zero attached hydrogens (tertiary/aromatic N) is 2. The Morgan fingerprint density at radius 3 is 2.50 bits per heavy atom. The summed E-state index contributed by atoms with van der Waals surface area (Å²) in [5.74, 6) is 0. The Bertz CT molecular complexity index is 814. The van der Waals surface area contributed by atoms with Gasteiger partial charge in [0.15, 0.2) is 6.29 Å². The molecular formula is C16H14N2O2. The molecule has 4 nitrogen and oxygen atoms in total. The topological polar surface area (TPSA) is 44.0 Å². The molecule has 1 aromatic carbocycles. The molecule has 0 spiro atoms. The van der Waals surface area contributed by atoms with Gasteiger partial charge in [0.2, 0.25) is 0 Å². The molecule has 20 heavy (non-hydrogen) atoms. The number of benzene rings is 1. The zero-order valence-electron chi connectivity index (χ0n) is 10.9. The number of hydrogen-bond donors (Lipinski definition) is 0. The number of fused-ring (bicyclic) bond motifs is 1. The fraction of sp³-hybridized carbons (Fsp3) is 0.125. The van der Waals surface area contributed by atoms with Gasteiger partial charge in [0.25, 0.3) is 5.56 Å². The summed E-state index contributed by atoms with van der Waals surface area (Å²) in [6, 6.07) is 12.9. The third-order valence-corrected chi connectivity index (χ3v) is 3.43. The van der Waals surface area contributed by atoms with Gasteiger partial charge in [-0.3, -0.25) is 9.59 Å². The number of carbonyl (C=O) groups is 1. The van der Waals surface area contributed by atoms with Gasteiger partial charge in [-0.2, -0.15) is 0 Å². The Kier molecular flexibility index (Phi) is 3.21. The molecule has 0 fully saturated rings. The molecule has 3 rings (SSSR count). The number of aromatic nitrogens is 2. The number of carbonyl (C=O) groups excluding carboxylic acids is 1. The Labute approximate surface area is 115 Å². The maximum absolute atomic E-state index is 11.7. The van der Waals surface area contributed by atoms with Gasteiger partial charge in [-0.05, 0) is 12.1 Å². The lowest BCUT2D eigenvalue weighted by Gasteiger charge is -2.07. The normalized spacial score (nSPS) is 10.8. The largest absolute Gasteiger partial charge is 0.345 e. The van der Waals surface area contributed by atoms with E-state index >= 15 is 0 Å². The van der Waals surface area contributed by atoms with Gasteiger partial charge in [0.05, 0.1) is 0 Å². The van der Waals surface area contributed by atoms with Crippen molar-refractivity contribution < 1.29 is 4.79 Å². The molecule has 4 heteroatoms. The average molecular weight is 266 g/mol. The monoisotopic (exact) mass is 266 g/mol. The summed E-state index contributed by atoms with van der Waals surface area (Å²) in [4.78, 5) is 22.8. The summed E-state index contributed by atoms with van der Waals surface area (Å²) in [7, 11) is 0. The summed E-state index contributed by atoms with van der Waals surface area (Å²) in [5, 5.41) is 0.947. The lowest BCUT2D eigenvalue weighted by atomic mass is 10.2. The maximum Gasteiger partial charge on any atom is 0.250 e. The second-order valence-corrected chi connectivity index (χ2v) is 4.65. The first-order valence-corrected chi connectivity index (χ1v) is 6.48. The van der Waals surface area contributed by atoms with Crippen LogP contribution in [0.3, 0.4) is 0 Å². The summed E-state index contributed by atoms with van der Waals surface area (Å²) in [6.07, 6.45) is 4.48. The maximum atomic E-state index is 11.7. The molecule has 3 aromatic rings. The van der Waals surface area contributed by atoms with Crippen LogP contribution in [0.4, 0.5) is 0 Å². The van der Waals surface area contributed by atoms with Crippen LogP contribution in [-0.4, -0.2) is 15.4 Å². The van der Waals surface area contributed by atoms with E-state index in [4.69, 9.17) is 0 Å². The van der Waals surface area contributed by atoms with Crippen molar-refractivity contribution in [3.05, 3.63) is 70.8 Å². The van der Waals surface area contributed by atoms with Crippen LogP contribution in [0.5, 0.6) is 0 Å². The highest BCUT2D eigenvalue weighted by atomic mass is 16.1. The number of aldehydes is 1. The second kappa shape index (κ2) is 5.17. The van der Waals surface area contributed by atoms with Crippen molar-refractivity contribution in [3.63, 3.8) is 0 Å². The van der Waals surface area contributed by atoms with E-state index < -0.39 is 0 Å². The first-order valence-electron chi connectivity index (χ1n) is 6.48. The van der Waals surface area contributed by atoms with Gasteiger partial charge in [0.1, 0.15) is 0 Å². The summed E-state index contributed by atoms with van der Waals surface area (Å²) in [5.41, 5.74) is 1.68. The first-order chi connectivity index (χ1) is 9.79. The summed E-state index contributed by atoms with van der Waals surface area (Å²) < 4.78 is 3.67. The van der Waals surface area contributed by atoms with Crippen LogP contribution in [0, 0.1) is 0 Å². The van der Waals surface area contributed by atoms with Crippen LogP contribution in [-0.2, 0) is 13.1 Å². The lowest BCUT2D eigenvalue weighted by Crippen LogP contribution is -2.20. The molecule has 2 aromatic heterocycles. The van der Waals surface area contributed by atoms with Crippen LogP contribution in [0.25, 0.3) is 10.9 Å². The number of aryl methyl sites for hydroxylation is 2. The molecule has 0 saturated carbocycles. The molecule has 0 aliphatic rings. The molecule has 0 aliphatic carbocycles. The standard InChI is InChI=1S/C16H14N2O2/c19-12-13-11-18(15-6-2-1-5-14(13)15)10-9-17-8-4-3-7-16(17)20/h1-8,11-12H,9-10H2. The van der Waals surface area contributed by atoms with Crippen LogP contribution in [0.15, 0.2) is 59.7 Å². The van der Waals surface area contributed by atoms with E-state index in [1.54, 1.807) is 22.9 Å². The van der Waals surface area contributed by atoms with Gasteiger partial charge in [-0.15, -0.1) is 0 Å². The molecule has 0 unspecified atom stereocenters. The Hall–Kier alpha value is -2.62. The number of pyridine rings is 1. The molecule has 0 radical (unpaired) electrons. The predicted molar refractivity (Wildman–Crippen MR) is 78.0 cm³/mol. The van der Waals surface area contributed by atoms with Crippen LogP contribution < -0.4 is 5.56 Å². The zero-order chi connectivity index (χ0) is 13.9. The smallest absolute Gasteiger partial charge is 0.250 e. The van der Waals surface area contributed by atoms with E-state index in [-0.39, 0.29) is 5.56 Å². The molecule has 0 N–H and O–H groups in total. The van der Waals surface area contributed by atoms with Gasteiger partial charge < -0.3 is 9.13 Å². The molecular weight excluding hydrogens is 252 g/mol. The van der Waals surface area contributed by atoms with Crippen molar-refractivity contribution in [2.24, 2.45) is 0 Å². The van der Waals surface area contributed by atoms with E-state index in [2.05, 4.69) is 0 Å². The average Bonchev–Trinajstić information content (AvgIpc) is 2.85. The van der Waals surface area contributed by atoms with Crippen molar-refractivity contribution in [1.29, 1.82) is 0 Å². The third kappa shape index (κ3) is 2.16. The minimum Gasteiger partial charge on any atom is -0.345 e. The van der Waals surface area contributed by atoms with Gasteiger partial charge in [-0.1, -0.05) is 24.3 Å². The van der Waals surface area contributed by atoms with Crippen molar-refractivity contribution in [3.8, 4) is 0 Å². The number of para-hydroxylation sites is 1. The molecule has 0 amide bonds. The van der Waals surface area contributed by atoms with Crippen LogP contribution in [0.2, 0.25) is 0 Å². The Morgan fingerprint density at radius 2 is 1.70 bits per heavy atom. The van der Waals surface area contributed by atoms with Crippen LogP contribution in [0.1, 0.15) is 10.4 Å². The summed E-state index contributed by atoms with van der Waals surface area (Å²) in [6.45, 7) is 1.23. The summed E-state index contributed by atoms with van der Waals surface area (Å²) >= 11 is 0. The van der Waals surface area contributed by atoms with Gasteiger partial charge in [-0.25, -0.2) is 0 Å². The van der Waals surface area contributed by atoms with Gasteiger partial charge in [0, 0.05) is 48.0 Å². The predicted octanol–water partition coefficient (Wildman–Crippen LogP) is 2.32. The SMILES string of the molecule is O=Cc1cn(CCn2ccccc2=O)c2ccccc12. The minimum absolute atomic E-state index is 0.0143. The fourth-order valence-corrected chi connectivity index (χ4v) is 2.41. The Morgan fingerprint density at radius 1 is 0.950 bits per heavy atom. The highest BCUT2D eigenvalue weighted by molar-refractivity contribution is 5.97. The van der Waals surface area contributed by atoms with Crippen molar-refractivity contribution in [1.82, 2.24) is 9.13 Å². The third-order valence-electron chi connectivity index (χ3n) is 3.43. The molecule has 2 heterocycles. The molecule has 0 saturated heterocycles. The van der Waals surface area contributed by atoms with Crippen molar-refractivity contribution in [2.45, 2.75) is 13.1 Å². The van der Waals surface area contributed by atoms with Crippen LogP contribution >= 0.6 is 0 Å². The zero-order valence-corrected chi connectivity index (χ0v) is 10.9. The molecule has 100 valence electrons. The molecule has 0 bridgehead atoms. The number of hydrogen-bond acceptors (Lipinski definition) is 2. The van der Waals surface area contributed by atoms with E-state index in [0.717, 1.165) is 17.2 Å². The van der Waals surface area contributed by atoms with Gasteiger partial charge >= 0.3 is 0 Å².